The lowest BCUT2D eigenvalue weighted by Crippen LogP contribution is -2.33. The molecule has 0 aromatic heterocycles. The molecule has 1 heterocycles. The molecule has 9 heteroatoms. The van der Waals surface area contributed by atoms with Gasteiger partial charge in [0.15, 0.2) is 0 Å². The Hall–Kier alpha value is -2.29. The Kier molecular flexibility index (Phi) is 4.32. The predicted octanol–water partition coefficient (Wildman–Crippen LogP) is 1.92. The van der Waals surface area contributed by atoms with E-state index in [0.717, 1.165) is 5.01 Å². The van der Waals surface area contributed by atoms with Gasteiger partial charge in [0.25, 0.3) is 5.69 Å². The van der Waals surface area contributed by atoms with Gasteiger partial charge in [-0.25, -0.2) is 9.80 Å². The Morgan fingerprint density at radius 3 is 2.76 bits per heavy atom. The Labute approximate surface area is 127 Å². The van der Waals surface area contributed by atoms with E-state index in [1.165, 1.54) is 18.2 Å². The lowest BCUT2D eigenvalue weighted by Gasteiger charge is -2.22. The van der Waals surface area contributed by atoms with Gasteiger partial charge >= 0.3 is 5.97 Å². The first kappa shape index (κ1) is 15.1. The summed E-state index contributed by atoms with van der Waals surface area (Å²) < 4.78 is 0.460. The zero-order chi connectivity index (χ0) is 15.6. The van der Waals surface area contributed by atoms with Gasteiger partial charge in [0.05, 0.1) is 11.5 Å². The number of carboxylic acid groups (broad SMARTS) is 1. The van der Waals surface area contributed by atoms with Crippen molar-refractivity contribution in [1.82, 2.24) is 5.01 Å². The van der Waals surface area contributed by atoms with Gasteiger partial charge in [-0.1, -0.05) is 15.9 Å². The first-order chi connectivity index (χ1) is 9.88. The van der Waals surface area contributed by atoms with Crippen molar-refractivity contribution in [2.75, 3.05) is 0 Å². The van der Waals surface area contributed by atoms with Crippen molar-refractivity contribution in [3.63, 3.8) is 0 Å². The highest BCUT2D eigenvalue weighted by atomic mass is 79.9. The zero-order valence-electron chi connectivity index (χ0n) is 10.7. The van der Waals surface area contributed by atoms with E-state index in [0.29, 0.717) is 10.0 Å². The van der Waals surface area contributed by atoms with E-state index in [2.05, 4.69) is 21.0 Å². The highest BCUT2D eigenvalue weighted by Gasteiger charge is 2.24. The molecule has 0 spiro atoms. The summed E-state index contributed by atoms with van der Waals surface area (Å²) in [6, 6.07) is 4.14. The molecule has 110 valence electrons. The number of nitrogens with zero attached hydrogens (tertiary/aromatic N) is 3. The van der Waals surface area contributed by atoms with Gasteiger partial charge in [-0.05, 0) is 11.6 Å². The number of carbonyl (C=O) groups excluding carboxylic acids is 1. The minimum absolute atomic E-state index is 0.0498. The molecule has 21 heavy (non-hydrogen) atoms. The number of hydrogen-bond donors (Lipinski definition) is 1. The summed E-state index contributed by atoms with van der Waals surface area (Å²) in [6.45, 7) is 0.0498. The van der Waals surface area contributed by atoms with Gasteiger partial charge in [0.2, 0.25) is 5.91 Å². The summed E-state index contributed by atoms with van der Waals surface area (Å²) in [6.07, 6.45) is 0.182. The van der Waals surface area contributed by atoms with Crippen LogP contribution < -0.4 is 0 Å². The monoisotopic (exact) mass is 355 g/mol. The standard InChI is InChI=1S/C12H10BrN3O5/c13-9-5-8(16(20)21)2-1-7(9)6-15-11(17)4-3-10(14-15)12(18)19/h1-2,5H,3-4,6H2,(H,18,19). The average Bonchev–Trinajstić information content (AvgIpc) is 2.42. The minimum atomic E-state index is -1.16. The molecule has 1 amide bonds. The number of amides is 1. The SMILES string of the molecule is O=C(O)C1=NN(Cc2ccc([N+](=O)[O-])cc2Br)C(=O)CC1. The molecule has 0 atom stereocenters. The van der Waals surface area contributed by atoms with E-state index < -0.39 is 10.9 Å². The number of aliphatic carboxylic acids is 1. The van der Waals surface area contributed by atoms with Gasteiger partial charge in [-0.3, -0.25) is 14.9 Å². The lowest BCUT2D eigenvalue weighted by atomic mass is 10.1. The number of hydrogen-bond acceptors (Lipinski definition) is 5. The maximum absolute atomic E-state index is 11.8. The van der Waals surface area contributed by atoms with Crippen molar-refractivity contribution < 1.29 is 19.6 Å². The molecule has 1 N–H and O–H groups in total. The minimum Gasteiger partial charge on any atom is -0.477 e. The third-order valence-corrected chi connectivity index (χ3v) is 3.66. The number of non-ortho nitro benzene ring substituents is 1. The van der Waals surface area contributed by atoms with Crippen LogP contribution in [0.15, 0.2) is 27.8 Å². The summed E-state index contributed by atoms with van der Waals surface area (Å²) >= 11 is 3.20. The maximum atomic E-state index is 11.8. The molecule has 0 bridgehead atoms. The van der Waals surface area contributed by atoms with Crippen molar-refractivity contribution in [2.45, 2.75) is 19.4 Å². The first-order valence-corrected chi connectivity index (χ1v) is 6.71. The van der Waals surface area contributed by atoms with Crippen LogP contribution in [0.3, 0.4) is 0 Å². The van der Waals surface area contributed by atoms with Crippen LogP contribution in [0.4, 0.5) is 5.69 Å². The van der Waals surface area contributed by atoms with Gasteiger partial charge < -0.3 is 5.11 Å². The van der Waals surface area contributed by atoms with Crippen LogP contribution in [0, 0.1) is 10.1 Å². The molecule has 2 rings (SSSR count). The number of carbonyl (C=O) groups is 2. The number of hydrazone groups is 1. The molecule has 8 nitrogen and oxygen atoms in total. The van der Waals surface area contributed by atoms with E-state index in [1.54, 1.807) is 0 Å². The van der Waals surface area contributed by atoms with E-state index in [-0.39, 0.29) is 36.7 Å². The van der Waals surface area contributed by atoms with Crippen LogP contribution in [0.2, 0.25) is 0 Å². The molecule has 0 unspecified atom stereocenters. The summed E-state index contributed by atoms with van der Waals surface area (Å²) in [7, 11) is 0. The Morgan fingerprint density at radius 2 is 2.19 bits per heavy atom. The molecule has 0 radical (unpaired) electrons. The Balaban J connectivity index is 2.24. The summed E-state index contributed by atoms with van der Waals surface area (Å²) in [5, 5.41) is 24.4. The summed E-state index contributed by atoms with van der Waals surface area (Å²) in [5.74, 6) is -1.44. The topological polar surface area (TPSA) is 113 Å². The Bertz CT molecular complexity index is 658. The second-order valence-electron chi connectivity index (χ2n) is 4.34. The maximum Gasteiger partial charge on any atom is 0.352 e. The summed E-state index contributed by atoms with van der Waals surface area (Å²) in [4.78, 5) is 32.8. The van der Waals surface area contributed by atoms with Crippen molar-refractivity contribution in [1.29, 1.82) is 0 Å². The molecule has 1 aromatic rings. The van der Waals surface area contributed by atoms with Gasteiger partial charge in [-0.15, -0.1) is 0 Å². The highest BCUT2D eigenvalue weighted by Crippen LogP contribution is 2.25. The number of benzene rings is 1. The van der Waals surface area contributed by atoms with Crippen molar-refractivity contribution in [3.8, 4) is 0 Å². The molecule has 0 saturated carbocycles. The largest absolute Gasteiger partial charge is 0.477 e. The van der Waals surface area contributed by atoms with Gasteiger partial charge in [0.1, 0.15) is 5.71 Å². The van der Waals surface area contributed by atoms with Gasteiger partial charge in [0, 0.05) is 29.4 Å². The Morgan fingerprint density at radius 1 is 1.48 bits per heavy atom. The first-order valence-electron chi connectivity index (χ1n) is 5.92. The van der Waals surface area contributed by atoms with E-state index >= 15 is 0 Å². The molecule has 1 aliphatic rings. The number of nitro groups is 1. The van der Waals surface area contributed by atoms with Crippen molar-refractivity contribution in [3.05, 3.63) is 38.3 Å². The van der Waals surface area contributed by atoms with Crippen LogP contribution >= 0.6 is 15.9 Å². The third kappa shape index (κ3) is 3.43. The van der Waals surface area contributed by atoms with Crippen molar-refractivity contribution >= 4 is 39.2 Å². The second-order valence-corrected chi connectivity index (χ2v) is 5.19. The number of nitro benzene ring substituents is 1. The average molecular weight is 356 g/mol. The second kappa shape index (κ2) is 6.00. The fourth-order valence-electron chi connectivity index (χ4n) is 1.82. The number of rotatable bonds is 4. The molecular formula is C12H10BrN3O5. The molecule has 0 saturated heterocycles. The van der Waals surface area contributed by atoms with Crippen LogP contribution in [0.5, 0.6) is 0 Å². The van der Waals surface area contributed by atoms with E-state index in [1.807, 2.05) is 0 Å². The third-order valence-electron chi connectivity index (χ3n) is 2.92. The van der Waals surface area contributed by atoms with Crippen LogP contribution in [0.25, 0.3) is 0 Å². The molecule has 1 aliphatic heterocycles. The number of carboxylic acids is 1. The fraction of sp³-hybridized carbons (Fsp3) is 0.250. The molecular weight excluding hydrogens is 346 g/mol. The molecule has 0 aliphatic carbocycles. The zero-order valence-corrected chi connectivity index (χ0v) is 12.2. The van der Waals surface area contributed by atoms with E-state index in [4.69, 9.17) is 5.11 Å². The highest BCUT2D eigenvalue weighted by molar-refractivity contribution is 9.10. The smallest absolute Gasteiger partial charge is 0.352 e. The molecule has 1 aromatic carbocycles. The predicted molar refractivity (Wildman–Crippen MR) is 75.7 cm³/mol. The van der Waals surface area contributed by atoms with Gasteiger partial charge in [-0.2, -0.15) is 5.10 Å². The van der Waals surface area contributed by atoms with Crippen LogP contribution in [-0.4, -0.2) is 32.6 Å². The normalized spacial score (nSPS) is 14.8. The van der Waals surface area contributed by atoms with E-state index in [9.17, 15) is 19.7 Å². The molecule has 0 fully saturated rings. The number of halogens is 1. The quantitative estimate of drug-likeness (QED) is 0.654. The van der Waals surface area contributed by atoms with Crippen LogP contribution in [0.1, 0.15) is 18.4 Å². The lowest BCUT2D eigenvalue weighted by molar-refractivity contribution is -0.384. The van der Waals surface area contributed by atoms with Crippen LogP contribution in [-0.2, 0) is 16.1 Å². The fourth-order valence-corrected chi connectivity index (χ4v) is 2.31. The summed E-state index contributed by atoms with van der Waals surface area (Å²) in [5.41, 5.74) is 0.447. The van der Waals surface area contributed by atoms with Crippen molar-refractivity contribution in [2.24, 2.45) is 5.10 Å².